The predicted octanol–water partition coefficient (Wildman–Crippen LogP) is 4.77. The molecule has 3 rings (SSSR count). The van der Waals surface area contributed by atoms with Gasteiger partial charge in [0.2, 0.25) is 0 Å². The van der Waals surface area contributed by atoms with Crippen LogP contribution in [0.15, 0.2) is 42.5 Å². The molecule has 150 valence electrons. The van der Waals surface area contributed by atoms with Crippen molar-refractivity contribution in [2.24, 2.45) is 16.7 Å². The van der Waals surface area contributed by atoms with E-state index in [2.05, 4.69) is 27.4 Å². The molecule has 2 unspecified atom stereocenters. The van der Waals surface area contributed by atoms with Crippen LogP contribution in [0.25, 0.3) is 0 Å². The number of esters is 1. The molecule has 4 heteroatoms. The van der Waals surface area contributed by atoms with Crippen LogP contribution in [0.2, 0.25) is 0 Å². The summed E-state index contributed by atoms with van der Waals surface area (Å²) in [4.78, 5) is 11.6. The van der Waals surface area contributed by atoms with Crippen LogP contribution in [-0.4, -0.2) is 29.9 Å². The minimum atomic E-state index is -0.407. The maximum absolute atomic E-state index is 11.6. The summed E-state index contributed by atoms with van der Waals surface area (Å²) >= 11 is 0. The van der Waals surface area contributed by atoms with E-state index in [1.165, 1.54) is 12.8 Å². The maximum Gasteiger partial charge on any atom is 0.333 e. The van der Waals surface area contributed by atoms with E-state index in [0.29, 0.717) is 23.5 Å². The van der Waals surface area contributed by atoms with Gasteiger partial charge in [-0.2, -0.15) is 0 Å². The van der Waals surface area contributed by atoms with Gasteiger partial charge >= 0.3 is 5.97 Å². The molecule has 4 atom stereocenters. The van der Waals surface area contributed by atoms with Crippen LogP contribution in [0.4, 0.5) is 0 Å². The Bertz CT molecular complexity index is 650. The van der Waals surface area contributed by atoms with Gasteiger partial charge in [-0.05, 0) is 56.6 Å². The van der Waals surface area contributed by atoms with Gasteiger partial charge in [-0.15, -0.1) is 0 Å². The van der Waals surface area contributed by atoms with E-state index in [9.17, 15) is 4.79 Å². The summed E-state index contributed by atoms with van der Waals surface area (Å²) in [6, 6.07) is 9.45. The van der Waals surface area contributed by atoms with Gasteiger partial charge in [-0.25, -0.2) is 4.79 Å². The zero-order valence-electron chi connectivity index (χ0n) is 17.3. The summed E-state index contributed by atoms with van der Waals surface area (Å²) in [5, 5.41) is 8.89. The number of hydrogen-bond donors (Lipinski definition) is 1. The number of rotatable bonds is 5. The van der Waals surface area contributed by atoms with Gasteiger partial charge in [0.1, 0.15) is 18.5 Å². The van der Waals surface area contributed by atoms with Crippen LogP contribution < -0.4 is 4.74 Å². The second-order valence-corrected chi connectivity index (χ2v) is 8.76. The lowest BCUT2D eigenvalue weighted by molar-refractivity contribution is -0.151. The van der Waals surface area contributed by atoms with Crippen LogP contribution in [0, 0.1) is 16.7 Å². The van der Waals surface area contributed by atoms with Gasteiger partial charge in [0.25, 0.3) is 0 Å². The van der Waals surface area contributed by atoms with Gasteiger partial charge in [0.15, 0.2) is 0 Å². The Morgan fingerprint density at radius 3 is 2.37 bits per heavy atom. The zero-order chi connectivity index (χ0) is 20.2. The topological polar surface area (TPSA) is 55.8 Å². The number of carbonyl (C=O) groups is 1. The van der Waals surface area contributed by atoms with Crippen molar-refractivity contribution in [2.75, 3.05) is 6.61 Å². The smallest absolute Gasteiger partial charge is 0.333 e. The number of carbonyl (C=O) groups excluding carboxylic acids is 1. The predicted molar refractivity (Wildman–Crippen MR) is 108 cm³/mol. The van der Waals surface area contributed by atoms with Crippen molar-refractivity contribution >= 4 is 5.97 Å². The molecular formula is C23H34O4. The lowest BCUT2D eigenvalue weighted by atomic mass is 9.70. The molecule has 0 radical (unpaired) electrons. The Kier molecular flexibility index (Phi) is 6.74. The average Bonchev–Trinajstić information content (AvgIpc) is 2.95. The number of aliphatic hydroxyl groups is 1. The summed E-state index contributed by atoms with van der Waals surface area (Å²) in [7, 11) is 0. The molecule has 2 aliphatic carbocycles. The fourth-order valence-corrected chi connectivity index (χ4v) is 4.27. The first-order valence-corrected chi connectivity index (χ1v) is 9.80. The molecule has 2 saturated carbocycles. The van der Waals surface area contributed by atoms with Crippen LogP contribution in [-0.2, 0) is 9.53 Å². The van der Waals surface area contributed by atoms with Gasteiger partial charge < -0.3 is 14.6 Å². The number of aliphatic hydroxyl groups excluding tert-OH is 1. The molecule has 0 aromatic heterocycles. The molecule has 1 N–H and O–H groups in total. The third-order valence-corrected chi connectivity index (χ3v) is 6.55. The van der Waals surface area contributed by atoms with Crippen molar-refractivity contribution < 1.29 is 19.4 Å². The Labute approximate surface area is 163 Å². The molecule has 2 fully saturated rings. The van der Waals surface area contributed by atoms with E-state index >= 15 is 0 Å². The van der Waals surface area contributed by atoms with Crippen LogP contribution >= 0.6 is 0 Å². The molecule has 1 aromatic rings. The fraction of sp³-hybridized carbons (Fsp3) is 0.609. The zero-order valence-corrected chi connectivity index (χ0v) is 17.3. The monoisotopic (exact) mass is 374 g/mol. The summed E-state index contributed by atoms with van der Waals surface area (Å²) < 4.78 is 10.8. The SMILES string of the molecule is C=C(C)C(=O)OC1C[C@H]2CC[C@@]1(C)C2(C)C.CC(O)COc1ccccc1. The van der Waals surface area contributed by atoms with Crippen molar-refractivity contribution in [1.29, 1.82) is 0 Å². The summed E-state index contributed by atoms with van der Waals surface area (Å²) in [5.41, 5.74) is 0.958. The second kappa shape index (κ2) is 8.47. The summed E-state index contributed by atoms with van der Waals surface area (Å²) in [5.74, 6) is 1.28. The Morgan fingerprint density at radius 1 is 1.30 bits per heavy atom. The van der Waals surface area contributed by atoms with Gasteiger partial charge in [0.05, 0.1) is 6.10 Å². The number of hydrogen-bond acceptors (Lipinski definition) is 4. The first-order valence-electron chi connectivity index (χ1n) is 9.80. The molecule has 27 heavy (non-hydrogen) atoms. The normalized spacial score (nSPS) is 28.7. The van der Waals surface area contributed by atoms with Gasteiger partial charge in [0, 0.05) is 11.0 Å². The van der Waals surface area contributed by atoms with Crippen molar-refractivity contribution in [2.45, 2.75) is 66.1 Å². The molecule has 0 aliphatic heterocycles. The first kappa shape index (κ1) is 21.5. The summed E-state index contributed by atoms with van der Waals surface area (Å²) in [6.45, 7) is 14.3. The molecular weight excluding hydrogens is 340 g/mol. The van der Waals surface area contributed by atoms with E-state index in [0.717, 1.165) is 12.2 Å². The van der Waals surface area contributed by atoms with E-state index in [1.807, 2.05) is 30.3 Å². The highest BCUT2D eigenvalue weighted by Crippen LogP contribution is 2.66. The van der Waals surface area contributed by atoms with E-state index in [4.69, 9.17) is 14.6 Å². The van der Waals surface area contributed by atoms with Gasteiger partial charge in [-0.3, -0.25) is 0 Å². The third-order valence-electron chi connectivity index (χ3n) is 6.55. The first-order chi connectivity index (χ1) is 12.6. The molecule has 4 nitrogen and oxygen atoms in total. The van der Waals surface area contributed by atoms with E-state index in [1.54, 1.807) is 13.8 Å². The highest BCUT2D eigenvalue weighted by Gasteiger charge is 2.62. The fourth-order valence-electron chi connectivity index (χ4n) is 4.27. The minimum Gasteiger partial charge on any atom is -0.491 e. The largest absolute Gasteiger partial charge is 0.491 e. The molecule has 0 spiro atoms. The Hall–Kier alpha value is -1.81. The molecule has 0 saturated heterocycles. The van der Waals surface area contributed by atoms with Crippen LogP contribution in [0.3, 0.4) is 0 Å². The number of ether oxygens (including phenoxy) is 2. The standard InChI is InChI=1S/C14H22O2.C9H12O2/c1-9(2)12(15)16-11-8-10-6-7-14(11,5)13(10,3)4;1-8(10)7-11-9-5-3-2-4-6-9/h10-11H,1,6-8H2,2-5H3;2-6,8,10H,7H2,1H3/t10-,11?,14-;/m1./s1. The highest BCUT2D eigenvalue weighted by atomic mass is 16.5. The van der Waals surface area contributed by atoms with E-state index < -0.39 is 6.10 Å². The molecule has 2 bridgehead atoms. The van der Waals surface area contributed by atoms with Crippen molar-refractivity contribution in [3.8, 4) is 5.75 Å². The van der Waals surface area contributed by atoms with Crippen LogP contribution in [0.1, 0.15) is 53.9 Å². The Balaban J connectivity index is 0.000000208. The maximum atomic E-state index is 11.6. The van der Waals surface area contributed by atoms with Gasteiger partial charge in [-0.1, -0.05) is 45.5 Å². The molecule has 2 aliphatic rings. The third kappa shape index (κ3) is 4.73. The molecule has 0 heterocycles. The van der Waals surface area contributed by atoms with Crippen LogP contribution in [0.5, 0.6) is 5.75 Å². The van der Waals surface area contributed by atoms with Crippen molar-refractivity contribution in [1.82, 2.24) is 0 Å². The number of benzene rings is 1. The van der Waals surface area contributed by atoms with E-state index in [-0.39, 0.29) is 17.5 Å². The highest BCUT2D eigenvalue weighted by molar-refractivity contribution is 5.87. The molecule has 1 aromatic carbocycles. The quantitative estimate of drug-likeness (QED) is 0.596. The Morgan fingerprint density at radius 2 is 1.93 bits per heavy atom. The second-order valence-electron chi connectivity index (χ2n) is 8.76. The number of para-hydroxylation sites is 1. The minimum absolute atomic E-state index is 0.0884. The van der Waals surface area contributed by atoms with Crippen molar-refractivity contribution in [3.05, 3.63) is 42.5 Å². The lowest BCUT2D eigenvalue weighted by Crippen LogP contribution is -2.38. The summed E-state index contributed by atoms with van der Waals surface area (Å²) in [6.07, 6.45) is 3.17. The number of fused-ring (bicyclic) bond motifs is 2. The average molecular weight is 375 g/mol. The van der Waals surface area contributed by atoms with Crippen molar-refractivity contribution in [3.63, 3.8) is 0 Å². The molecule has 0 amide bonds. The lowest BCUT2D eigenvalue weighted by Gasteiger charge is -2.38.